The maximum absolute atomic E-state index is 13.6. The maximum Gasteiger partial charge on any atom is 0.328 e. The van der Waals surface area contributed by atoms with Gasteiger partial charge in [0.2, 0.25) is 0 Å². The molecule has 0 bridgehead atoms. The van der Waals surface area contributed by atoms with Gasteiger partial charge in [-0.3, -0.25) is 14.2 Å². The van der Waals surface area contributed by atoms with E-state index in [1.807, 2.05) is 78.9 Å². The van der Waals surface area contributed by atoms with Crippen LogP contribution in [0.1, 0.15) is 21.6 Å². The van der Waals surface area contributed by atoms with Crippen molar-refractivity contribution in [3.8, 4) is 22.6 Å². The van der Waals surface area contributed by atoms with Crippen molar-refractivity contribution in [2.24, 2.45) is 7.05 Å². The normalized spacial score (nSPS) is 11.9. The number of anilines is 1. The van der Waals surface area contributed by atoms with Crippen molar-refractivity contribution in [2.45, 2.75) is 24.3 Å². The van der Waals surface area contributed by atoms with Crippen molar-refractivity contribution in [3.05, 3.63) is 124 Å². The van der Waals surface area contributed by atoms with Gasteiger partial charge in [-0.2, -0.15) is 5.10 Å². The summed E-state index contributed by atoms with van der Waals surface area (Å²) in [4.78, 5) is 26.1. The first-order valence-electron chi connectivity index (χ1n) is 14.3. The van der Waals surface area contributed by atoms with E-state index in [1.54, 1.807) is 0 Å². The average molecular weight is 694 g/mol. The van der Waals surface area contributed by atoms with E-state index in [-0.39, 0.29) is 38.4 Å². The summed E-state index contributed by atoms with van der Waals surface area (Å²) < 4.78 is 41.3. The first kappa shape index (κ1) is 33.5. The van der Waals surface area contributed by atoms with Crippen LogP contribution in [0, 0.1) is 6.92 Å². The molecule has 5 aromatic rings. The third kappa shape index (κ3) is 7.76. The van der Waals surface area contributed by atoms with Crippen LogP contribution in [0.5, 0.6) is 11.5 Å². The number of carbonyl (C=O) groups is 2. The Morgan fingerprint density at radius 1 is 0.936 bits per heavy atom. The monoisotopic (exact) mass is 692 g/mol. The number of ether oxygens (including phenoxy) is 2. The highest BCUT2D eigenvalue weighted by atomic mass is 35.5. The molecule has 0 aliphatic heterocycles. The summed E-state index contributed by atoms with van der Waals surface area (Å²) in [6, 6.07) is 27.5. The van der Waals surface area contributed by atoms with Crippen LogP contribution in [0.3, 0.4) is 0 Å². The molecular weight excluding hydrogens is 663 g/mol. The van der Waals surface area contributed by atoms with Crippen molar-refractivity contribution in [1.29, 1.82) is 0 Å². The molecule has 2 N–H and O–H groups in total. The van der Waals surface area contributed by atoms with Gasteiger partial charge in [-0.15, -0.1) is 0 Å². The van der Waals surface area contributed by atoms with E-state index in [4.69, 9.17) is 32.7 Å². The number of aromatic nitrogens is 2. The second-order valence-corrected chi connectivity index (χ2v) is 12.9. The number of sulfonamides is 1. The van der Waals surface area contributed by atoms with E-state index in [0.29, 0.717) is 11.5 Å². The number of benzene rings is 4. The Labute approximate surface area is 282 Å². The number of halogens is 2. The molecule has 10 nitrogen and oxygen atoms in total. The number of aryl methyl sites for hydroxylation is 2. The average Bonchev–Trinajstić information content (AvgIpc) is 3.32. The minimum Gasteiger partial charge on any atom is -0.467 e. The number of nitrogens with one attached hydrogen (secondary N) is 2. The summed E-state index contributed by atoms with van der Waals surface area (Å²) in [6.07, 6.45) is 0.0902. The number of amides is 1. The molecule has 242 valence electrons. The molecule has 0 aliphatic rings. The molecule has 0 radical (unpaired) electrons. The number of nitrogens with zero attached hydrogens (tertiary/aromatic N) is 2. The van der Waals surface area contributed by atoms with Gasteiger partial charge in [0.1, 0.15) is 27.6 Å². The van der Waals surface area contributed by atoms with Crippen molar-refractivity contribution >= 4 is 50.8 Å². The van der Waals surface area contributed by atoms with Gasteiger partial charge in [-0.25, -0.2) is 13.2 Å². The lowest BCUT2D eigenvalue weighted by atomic mass is 9.99. The Hall–Kier alpha value is -4.84. The summed E-state index contributed by atoms with van der Waals surface area (Å²) in [5.74, 6) is -0.0518. The third-order valence-corrected chi connectivity index (χ3v) is 9.49. The zero-order chi connectivity index (χ0) is 33.7. The summed E-state index contributed by atoms with van der Waals surface area (Å²) in [5, 5.41) is 6.79. The van der Waals surface area contributed by atoms with Crippen molar-refractivity contribution in [1.82, 2.24) is 15.1 Å². The molecule has 47 heavy (non-hydrogen) atoms. The lowest BCUT2D eigenvalue weighted by molar-refractivity contribution is -0.142. The fourth-order valence-corrected chi connectivity index (χ4v) is 6.95. The van der Waals surface area contributed by atoms with E-state index in [2.05, 4.69) is 15.1 Å². The number of esters is 1. The highest BCUT2D eigenvalue weighted by Gasteiger charge is 2.29. The number of hydrogen-bond acceptors (Lipinski definition) is 7. The molecular formula is C34H30Cl2N4O6S. The molecule has 4 aromatic carbocycles. The van der Waals surface area contributed by atoms with Crippen LogP contribution in [0.4, 0.5) is 5.69 Å². The van der Waals surface area contributed by atoms with Gasteiger partial charge in [-0.1, -0.05) is 83.9 Å². The van der Waals surface area contributed by atoms with Crippen LogP contribution < -0.4 is 14.8 Å². The lowest BCUT2D eigenvalue weighted by Gasteiger charge is -2.19. The van der Waals surface area contributed by atoms with Gasteiger partial charge >= 0.3 is 5.97 Å². The molecule has 1 atom stereocenters. The van der Waals surface area contributed by atoms with Gasteiger partial charge in [0.25, 0.3) is 15.9 Å². The maximum atomic E-state index is 13.6. The predicted molar refractivity (Wildman–Crippen MR) is 181 cm³/mol. The molecule has 0 fully saturated rings. The SMILES string of the molecule is COC(=O)[C@H](Cc1ccc(-c2ccccc2Oc2ccccc2)cc1)NC(=O)c1cc(Cl)ccc1NS(=O)(=O)c1c(C)nn(C)c1Cl. The molecule has 13 heteroatoms. The second-order valence-electron chi connectivity index (χ2n) is 10.5. The standard InChI is InChI=1S/C34H30Cl2N4O6S/c1-21-31(32(36)40(2)38-21)47(43,44)39-28-18-17-24(35)20-27(28)33(41)37-29(34(42)45-3)19-22-13-15-23(16-14-22)26-11-7-8-12-30(26)46-25-9-5-4-6-10-25/h4-18,20,29,39H,19H2,1-3H3,(H,37,41)/t29-/m0/s1. The number of methoxy groups -OCH3 is 1. The minimum atomic E-state index is -4.26. The Morgan fingerprint density at radius 2 is 1.62 bits per heavy atom. The van der Waals surface area contributed by atoms with Gasteiger partial charge < -0.3 is 14.8 Å². The topological polar surface area (TPSA) is 129 Å². The predicted octanol–water partition coefficient (Wildman–Crippen LogP) is 6.81. The Balaban J connectivity index is 1.36. The van der Waals surface area contributed by atoms with Crippen LogP contribution in [-0.4, -0.2) is 43.2 Å². The highest BCUT2D eigenvalue weighted by Crippen LogP contribution is 2.34. The minimum absolute atomic E-state index is 0.0735. The first-order valence-corrected chi connectivity index (χ1v) is 16.5. The highest BCUT2D eigenvalue weighted by molar-refractivity contribution is 7.92. The van der Waals surface area contributed by atoms with Crippen LogP contribution in [0.15, 0.2) is 102 Å². The van der Waals surface area contributed by atoms with Gasteiger partial charge in [0.05, 0.1) is 24.1 Å². The zero-order valence-electron chi connectivity index (χ0n) is 25.5. The molecule has 0 aliphatic carbocycles. The van der Waals surface area contributed by atoms with E-state index in [0.717, 1.165) is 16.7 Å². The van der Waals surface area contributed by atoms with Gasteiger partial charge in [0.15, 0.2) is 0 Å². The van der Waals surface area contributed by atoms with E-state index < -0.39 is 27.9 Å². The second kappa shape index (κ2) is 14.3. The van der Waals surface area contributed by atoms with Crippen molar-refractivity contribution < 1.29 is 27.5 Å². The van der Waals surface area contributed by atoms with E-state index in [9.17, 15) is 18.0 Å². The molecule has 1 amide bonds. The van der Waals surface area contributed by atoms with Crippen molar-refractivity contribution in [3.63, 3.8) is 0 Å². The summed E-state index contributed by atoms with van der Waals surface area (Å²) in [6.45, 7) is 1.50. The van der Waals surface area contributed by atoms with E-state index >= 15 is 0 Å². The molecule has 0 saturated carbocycles. The van der Waals surface area contributed by atoms with Gasteiger partial charge in [-0.05, 0) is 54.4 Å². The van der Waals surface area contributed by atoms with Crippen LogP contribution in [0.25, 0.3) is 11.1 Å². The zero-order valence-corrected chi connectivity index (χ0v) is 27.9. The largest absolute Gasteiger partial charge is 0.467 e. The van der Waals surface area contributed by atoms with E-state index in [1.165, 1.54) is 44.0 Å². The quantitative estimate of drug-likeness (QED) is 0.146. The smallest absolute Gasteiger partial charge is 0.328 e. The number of rotatable bonds is 11. The summed E-state index contributed by atoms with van der Waals surface area (Å²) >= 11 is 12.4. The first-order chi connectivity index (χ1) is 22.5. The Bertz CT molecular complexity index is 2030. The Morgan fingerprint density at radius 3 is 2.28 bits per heavy atom. The van der Waals surface area contributed by atoms with Gasteiger partial charge in [0, 0.05) is 24.1 Å². The van der Waals surface area contributed by atoms with Crippen molar-refractivity contribution in [2.75, 3.05) is 11.8 Å². The number of hydrogen-bond donors (Lipinski definition) is 2. The fourth-order valence-electron chi connectivity index (χ4n) is 4.94. The van der Waals surface area contributed by atoms with Crippen LogP contribution in [0.2, 0.25) is 10.2 Å². The molecule has 0 unspecified atom stereocenters. The van der Waals surface area contributed by atoms with Crippen LogP contribution in [-0.2, 0) is 33.0 Å². The number of para-hydroxylation sites is 2. The van der Waals surface area contributed by atoms with Crippen LogP contribution >= 0.6 is 23.2 Å². The summed E-state index contributed by atoms with van der Waals surface area (Å²) in [5.41, 5.74) is 2.49. The number of carbonyl (C=O) groups excluding carboxylic acids is 2. The molecule has 0 saturated heterocycles. The lowest BCUT2D eigenvalue weighted by Crippen LogP contribution is -2.43. The fraction of sp³-hybridized carbons (Fsp3) is 0.147. The molecule has 0 spiro atoms. The molecule has 1 heterocycles. The third-order valence-electron chi connectivity index (χ3n) is 7.19. The molecule has 1 aromatic heterocycles. The molecule has 5 rings (SSSR count). The summed E-state index contributed by atoms with van der Waals surface area (Å²) in [7, 11) is -1.53. The Kier molecular flexibility index (Phi) is 10.2.